The Hall–Kier alpha value is -0.190. The molecule has 0 unspecified atom stereocenters. The van der Waals surface area contributed by atoms with Crippen molar-refractivity contribution in [3.8, 4) is 5.75 Å². The predicted molar refractivity (Wildman–Crippen MR) is 96.9 cm³/mol. The summed E-state index contributed by atoms with van der Waals surface area (Å²) < 4.78 is 5.74. The first kappa shape index (κ1) is 19.9. The first-order valence-corrected chi connectivity index (χ1v) is 8.45. The fraction of sp³-hybridized carbons (Fsp3) is 0.625. The number of hydrogen-bond acceptors (Lipinski definition) is 3. The molecule has 0 radical (unpaired) electrons. The first-order chi connectivity index (χ1) is 10.2. The second kappa shape index (κ2) is 10.6. The van der Waals surface area contributed by atoms with Crippen molar-refractivity contribution in [2.75, 3.05) is 39.3 Å². The number of hydrogen-bond donors (Lipinski definition) is 1. The van der Waals surface area contributed by atoms with Gasteiger partial charge in [0.25, 0.3) is 0 Å². The molecule has 126 valence electrons. The number of rotatable bonds is 7. The van der Waals surface area contributed by atoms with E-state index in [4.69, 9.17) is 27.9 Å². The van der Waals surface area contributed by atoms with Gasteiger partial charge < -0.3 is 10.1 Å². The van der Waals surface area contributed by atoms with Crippen LogP contribution in [0.4, 0.5) is 0 Å². The average Bonchev–Trinajstić information content (AvgIpc) is 2.48. The van der Waals surface area contributed by atoms with E-state index in [9.17, 15) is 0 Å². The molecule has 0 bridgehead atoms. The Morgan fingerprint density at radius 1 is 1.27 bits per heavy atom. The van der Waals surface area contributed by atoms with E-state index in [2.05, 4.69) is 17.1 Å². The summed E-state index contributed by atoms with van der Waals surface area (Å²) in [5, 5.41) is 4.65. The van der Waals surface area contributed by atoms with Crippen LogP contribution in [0.1, 0.15) is 19.8 Å². The molecule has 1 saturated heterocycles. The van der Waals surface area contributed by atoms with Crippen LogP contribution in [0.25, 0.3) is 0 Å². The van der Waals surface area contributed by atoms with Gasteiger partial charge in [-0.05, 0) is 63.1 Å². The third-order valence-corrected chi connectivity index (χ3v) is 4.48. The zero-order valence-corrected chi connectivity index (χ0v) is 15.3. The molecular weight excluding hydrogens is 343 g/mol. The van der Waals surface area contributed by atoms with E-state index in [1.165, 1.54) is 12.8 Å². The topological polar surface area (TPSA) is 24.5 Å². The molecule has 1 heterocycles. The summed E-state index contributed by atoms with van der Waals surface area (Å²) in [6, 6.07) is 5.34. The van der Waals surface area contributed by atoms with Gasteiger partial charge >= 0.3 is 0 Å². The van der Waals surface area contributed by atoms with Crippen LogP contribution in [0.5, 0.6) is 5.75 Å². The number of nitrogens with one attached hydrogen (secondary N) is 1. The summed E-state index contributed by atoms with van der Waals surface area (Å²) in [4.78, 5) is 2.46. The molecule has 1 aliphatic rings. The van der Waals surface area contributed by atoms with Crippen molar-refractivity contribution in [3.63, 3.8) is 0 Å². The minimum Gasteiger partial charge on any atom is -0.491 e. The molecule has 3 nitrogen and oxygen atoms in total. The van der Waals surface area contributed by atoms with Crippen LogP contribution in [0.15, 0.2) is 18.2 Å². The van der Waals surface area contributed by atoms with Gasteiger partial charge in [0.1, 0.15) is 12.4 Å². The molecule has 1 N–H and O–H groups in total. The molecule has 0 atom stereocenters. The lowest BCUT2D eigenvalue weighted by Gasteiger charge is -2.31. The second-order valence-electron chi connectivity index (χ2n) is 5.52. The van der Waals surface area contributed by atoms with Crippen LogP contribution in [0.3, 0.4) is 0 Å². The lowest BCUT2D eigenvalue weighted by Crippen LogP contribution is -2.39. The van der Waals surface area contributed by atoms with E-state index in [1.807, 2.05) is 6.07 Å². The molecule has 1 aliphatic heterocycles. The molecule has 0 aliphatic carbocycles. The summed E-state index contributed by atoms with van der Waals surface area (Å²) in [7, 11) is 0. The molecule has 0 saturated carbocycles. The number of benzene rings is 1. The van der Waals surface area contributed by atoms with Crippen molar-refractivity contribution in [3.05, 3.63) is 28.2 Å². The summed E-state index contributed by atoms with van der Waals surface area (Å²) in [6.07, 6.45) is 2.55. The molecule has 22 heavy (non-hydrogen) atoms. The maximum absolute atomic E-state index is 6.09. The fourth-order valence-electron chi connectivity index (χ4n) is 2.64. The Balaban J connectivity index is 0.00000242. The minimum absolute atomic E-state index is 0. The largest absolute Gasteiger partial charge is 0.491 e. The Morgan fingerprint density at radius 3 is 2.64 bits per heavy atom. The highest BCUT2D eigenvalue weighted by Crippen LogP contribution is 2.27. The molecule has 0 spiro atoms. The van der Waals surface area contributed by atoms with Crippen molar-refractivity contribution in [1.82, 2.24) is 10.2 Å². The Kier molecular flexibility index (Phi) is 9.53. The van der Waals surface area contributed by atoms with E-state index in [0.29, 0.717) is 22.4 Å². The Bertz CT molecular complexity index is 437. The maximum Gasteiger partial charge on any atom is 0.138 e. The molecule has 0 amide bonds. The van der Waals surface area contributed by atoms with Crippen molar-refractivity contribution in [2.45, 2.75) is 19.8 Å². The van der Waals surface area contributed by atoms with Crippen molar-refractivity contribution < 1.29 is 4.74 Å². The number of nitrogens with zero attached hydrogens (tertiary/aromatic N) is 1. The van der Waals surface area contributed by atoms with Gasteiger partial charge in [0.2, 0.25) is 0 Å². The average molecular weight is 368 g/mol. The maximum atomic E-state index is 6.09. The number of likely N-dealkylation sites (tertiary alicyclic amines) is 1. The normalized spacial score (nSPS) is 16.3. The highest BCUT2D eigenvalue weighted by molar-refractivity contribution is 6.35. The third kappa shape index (κ3) is 6.51. The molecule has 0 aromatic heterocycles. The first-order valence-electron chi connectivity index (χ1n) is 7.70. The van der Waals surface area contributed by atoms with Gasteiger partial charge in [-0.2, -0.15) is 0 Å². The lowest BCUT2D eigenvalue weighted by molar-refractivity contribution is 0.154. The van der Waals surface area contributed by atoms with Crippen LogP contribution < -0.4 is 10.1 Å². The summed E-state index contributed by atoms with van der Waals surface area (Å²) in [6.45, 7) is 8.32. The van der Waals surface area contributed by atoms with Gasteiger partial charge in [0, 0.05) is 11.6 Å². The van der Waals surface area contributed by atoms with Gasteiger partial charge in [0.15, 0.2) is 0 Å². The fourth-order valence-corrected chi connectivity index (χ4v) is 3.10. The van der Waals surface area contributed by atoms with Gasteiger partial charge in [-0.3, -0.25) is 4.90 Å². The molecule has 1 fully saturated rings. The smallest absolute Gasteiger partial charge is 0.138 e. The van der Waals surface area contributed by atoms with Crippen LogP contribution in [0, 0.1) is 5.92 Å². The number of halogens is 3. The van der Waals surface area contributed by atoms with Crippen LogP contribution >= 0.6 is 35.6 Å². The van der Waals surface area contributed by atoms with E-state index in [-0.39, 0.29) is 12.4 Å². The molecule has 2 rings (SSSR count). The molecular formula is C16H25Cl3N2O. The van der Waals surface area contributed by atoms with Crippen LogP contribution in [0.2, 0.25) is 10.0 Å². The van der Waals surface area contributed by atoms with Gasteiger partial charge in [-0.15, -0.1) is 12.4 Å². The third-order valence-electron chi connectivity index (χ3n) is 3.95. The quantitative estimate of drug-likeness (QED) is 0.784. The highest BCUT2D eigenvalue weighted by Gasteiger charge is 2.18. The molecule has 1 aromatic carbocycles. The van der Waals surface area contributed by atoms with E-state index < -0.39 is 0 Å². The van der Waals surface area contributed by atoms with Gasteiger partial charge in [-0.25, -0.2) is 0 Å². The van der Waals surface area contributed by atoms with Gasteiger partial charge in [-0.1, -0.05) is 30.1 Å². The monoisotopic (exact) mass is 366 g/mol. The Morgan fingerprint density at radius 2 is 2.00 bits per heavy atom. The number of ether oxygens (including phenoxy) is 1. The van der Waals surface area contributed by atoms with Crippen LogP contribution in [-0.4, -0.2) is 44.2 Å². The SMILES string of the molecule is CCNCC1CCN(CCOc2ccc(Cl)cc2Cl)CC1.Cl. The highest BCUT2D eigenvalue weighted by atomic mass is 35.5. The minimum atomic E-state index is 0. The van der Waals surface area contributed by atoms with Gasteiger partial charge in [0.05, 0.1) is 5.02 Å². The predicted octanol–water partition coefficient (Wildman–Crippen LogP) is 4.12. The zero-order chi connectivity index (χ0) is 15.1. The summed E-state index contributed by atoms with van der Waals surface area (Å²) in [5.41, 5.74) is 0. The van der Waals surface area contributed by atoms with Crippen molar-refractivity contribution in [2.24, 2.45) is 5.92 Å². The Labute approximate surface area is 149 Å². The number of piperidine rings is 1. The van der Waals surface area contributed by atoms with E-state index in [0.717, 1.165) is 38.6 Å². The van der Waals surface area contributed by atoms with E-state index >= 15 is 0 Å². The standard InChI is InChI=1S/C16H24Cl2N2O.ClH/c1-2-19-12-13-5-7-20(8-6-13)9-10-21-16-4-3-14(17)11-15(16)18;/h3-4,11,13,19H,2,5-10,12H2,1H3;1H. The summed E-state index contributed by atoms with van der Waals surface area (Å²) >= 11 is 12.0. The van der Waals surface area contributed by atoms with Crippen molar-refractivity contribution >= 4 is 35.6 Å². The second-order valence-corrected chi connectivity index (χ2v) is 6.36. The summed E-state index contributed by atoms with van der Waals surface area (Å²) in [5.74, 6) is 1.54. The van der Waals surface area contributed by atoms with Crippen LogP contribution in [-0.2, 0) is 0 Å². The van der Waals surface area contributed by atoms with E-state index in [1.54, 1.807) is 12.1 Å². The van der Waals surface area contributed by atoms with Crippen molar-refractivity contribution in [1.29, 1.82) is 0 Å². The molecule has 6 heteroatoms. The lowest BCUT2D eigenvalue weighted by atomic mass is 9.97. The zero-order valence-electron chi connectivity index (χ0n) is 13.0. The molecule has 1 aromatic rings.